The largest absolute Gasteiger partial charge is 0.459 e. The maximum absolute atomic E-state index is 12.2. The molecule has 2 aromatic carbocycles. The molecule has 0 heterocycles. The summed E-state index contributed by atoms with van der Waals surface area (Å²) in [7, 11) is 0. The topological polar surface area (TPSA) is 52.6 Å². The lowest BCUT2D eigenvalue weighted by molar-refractivity contribution is 0.0376. The third-order valence-corrected chi connectivity index (χ3v) is 3.88. The summed E-state index contributed by atoms with van der Waals surface area (Å²) in [6.07, 6.45) is -0.210. The van der Waals surface area contributed by atoms with E-state index in [1.54, 1.807) is 44.2 Å². The van der Waals surface area contributed by atoms with Gasteiger partial charge >= 0.3 is 11.9 Å². The average molecular weight is 377 g/mol. The van der Waals surface area contributed by atoms with Gasteiger partial charge in [-0.15, -0.1) is 0 Å². The third-order valence-electron chi connectivity index (χ3n) is 3.03. The van der Waals surface area contributed by atoms with Gasteiger partial charge in [0.05, 0.1) is 17.2 Å². The van der Waals surface area contributed by atoms with E-state index in [-0.39, 0.29) is 6.10 Å². The molecule has 0 aromatic heterocycles. The van der Waals surface area contributed by atoms with Crippen LogP contribution in [0.3, 0.4) is 0 Å². The molecule has 120 valence electrons. The van der Waals surface area contributed by atoms with Gasteiger partial charge in [-0.2, -0.15) is 0 Å². The molecule has 0 N–H and O–H groups in total. The Hall–Kier alpha value is -2.14. The van der Waals surface area contributed by atoms with Gasteiger partial charge in [0.2, 0.25) is 0 Å². The van der Waals surface area contributed by atoms with E-state index in [2.05, 4.69) is 15.9 Å². The molecule has 2 aromatic rings. The highest BCUT2D eigenvalue weighted by molar-refractivity contribution is 9.10. The van der Waals surface area contributed by atoms with Gasteiger partial charge in [0.25, 0.3) is 0 Å². The highest BCUT2D eigenvalue weighted by Crippen LogP contribution is 2.20. The molecular weight excluding hydrogens is 360 g/mol. The summed E-state index contributed by atoms with van der Waals surface area (Å²) in [6.45, 7) is 5.48. The van der Waals surface area contributed by atoms with Gasteiger partial charge in [-0.1, -0.05) is 28.1 Å². The van der Waals surface area contributed by atoms with Crippen molar-refractivity contribution in [1.29, 1.82) is 0 Å². The van der Waals surface area contributed by atoms with Crippen molar-refractivity contribution in [3.05, 3.63) is 63.6 Å². The normalized spacial score (nSPS) is 10.5. The molecule has 0 aliphatic carbocycles. The number of hydrogen-bond donors (Lipinski definition) is 0. The first-order valence-electron chi connectivity index (χ1n) is 7.16. The number of benzene rings is 2. The Labute approximate surface area is 143 Å². The molecule has 2 rings (SSSR count). The van der Waals surface area contributed by atoms with E-state index in [1.807, 2.05) is 13.0 Å². The number of carbonyl (C=O) groups is 2. The van der Waals surface area contributed by atoms with E-state index < -0.39 is 11.9 Å². The van der Waals surface area contributed by atoms with Crippen LogP contribution in [0.1, 0.15) is 40.1 Å². The smallest absolute Gasteiger partial charge is 0.343 e. The lowest BCUT2D eigenvalue weighted by Gasteiger charge is -2.09. The predicted molar refractivity (Wildman–Crippen MR) is 90.8 cm³/mol. The van der Waals surface area contributed by atoms with Crippen molar-refractivity contribution < 1.29 is 19.1 Å². The molecule has 4 nitrogen and oxygen atoms in total. The molecule has 0 bridgehead atoms. The molecule has 0 amide bonds. The van der Waals surface area contributed by atoms with Crippen LogP contribution in [0.15, 0.2) is 46.9 Å². The summed E-state index contributed by atoms with van der Waals surface area (Å²) in [5, 5.41) is 0. The van der Waals surface area contributed by atoms with Gasteiger partial charge in [-0.05, 0) is 56.7 Å². The van der Waals surface area contributed by atoms with Crippen LogP contribution in [0.5, 0.6) is 5.75 Å². The number of hydrogen-bond acceptors (Lipinski definition) is 4. The number of carbonyl (C=O) groups excluding carboxylic acids is 2. The molecule has 0 aliphatic heterocycles. The molecule has 0 aliphatic rings. The molecule has 0 fully saturated rings. The summed E-state index contributed by atoms with van der Waals surface area (Å²) in [4.78, 5) is 24.1. The molecule has 0 saturated heterocycles. The van der Waals surface area contributed by atoms with Crippen LogP contribution < -0.4 is 4.74 Å². The minimum Gasteiger partial charge on any atom is -0.459 e. The van der Waals surface area contributed by atoms with E-state index in [0.29, 0.717) is 16.9 Å². The standard InChI is InChI=1S/C18H17BrO4/c1-11(2)22-17(20)13-5-4-6-15(9-13)23-18(21)14-8-7-12(3)16(19)10-14/h4-11H,1-3H3. The molecule has 0 unspecified atom stereocenters. The summed E-state index contributed by atoms with van der Waals surface area (Å²) in [5.74, 6) is -0.638. The molecular formula is C18H17BrO4. The zero-order valence-corrected chi connectivity index (χ0v) is 14.7. The Morgan fingerprint density at radius 2 is 1.70 bits per heavy atom. The fourth-order valence-electron chi connectivity index (χ4n) is 1.85. The second-order valence-corrected chi connectivity index (χ2v) is 6.19. The first-order valence-corrected chi connectivity index (χ1v) is 7.95. The average Bonchev–Trinajstić information content (AvgIpc) is 2.49. The van der Waals surface area contributed by atoms with Gasteiger partial charge in [-0.25, -0.2) is 9.59 Å². The van der Waals surface area contributed by atoms with Crippen LogP contribution >= 0.6 is 15.9 Å². The van der Waals surface area contributed by atoms with E-state index in [4.69, 9.17) is 9.47 Å². The number of halogens is 1. The molecule has 0 saturated carbocycles. The zero-order valence-electron chi connectivity index (χ0n) is 13.1. The first-order chi connectivity index (χ1) is 10.9. The number of aryl methyl sites for hydroxylation is 1. The first kappa shape index (κ1) is 17.2. The lowest BCUT2D eigenvalue weighted by atomic mass is 10.1. The minimum atomic E-state index is -0.486. The Balaban J connectivity index is 2.15. The molecule has 23 heavy (non-hydrogen) atoms. The van der Waals surface area contributed by atoms with Crippen molar-refractivity contribution in [2.45, 2.75) is 26.9 Å². The Bertz CT molecular complexity index is 738. The maximum Gasteiger partial charge on any atom is 0.343 e. The van der Waals surface area contributed by atoms with E-state index in [0.717, 1.165) is 10.0 Å². The SMILES string of the molecule is Cc1ccc(C(=O)Oc2cccc(C(=O)OC(C)C)c2)cc1Br. The van der Waals surface area contributed by atoms with Crippen molar-refractivity contribution in [3.8, 4) is 5.75 Å². The van der Waals surface area contributed by atoms with E-state index in [9.17, 15) is 9.59 Å². The molecule has 0 atom stereocenters. The van der Waals surface area contributed by atoms with Crippen LogP contribution in [-0.4, -0.2) is 18.0 Å². The van der Waals surface area contributed by atoms with Crippen molar-refractivity contribution in [2.75, 3.05) is 0 Å². The van der Waals surface area contributed by atoms with E-state index in [1.165, 1.54) is 6.07 Å². The van der Waals surface area contributed by atoms with Gasteiger partial charge < -0.3 is 9.47 Å². The number of rotatable bonds is 4. The fourth-order valence-corrected chi connectivity index (χ4v) is 2.23. The second-order valence-electron chi connectivity index (χ2n) is 5.34. The third kappa shape index (κ3) is 4.66. The van der Waals surface area contributed by atoms with Gasteiger partial charge in [0.15, 0.2) is 0 Å². The van der Waals surface area contributed by atoms with Crippen molar-refractivity contribution in [2.24, 2.45) is 0 Å². The Kier molecular flexibility index (Phi) is 5.55. The maximum atomic E-state index is 12.2. The van der Waals surface area contributed by atoms with Crippen molar-refractivity contribution in [3.63, 3.8) is 0 Å². The quantitative estimate of drug-likeness (QED) is 0.580. The Morgan fingerprint density at radius 3 is 2.35 bits per heavy atom. The summed E-state index contributed by atoms with van der Waals surface area (Å²) >= 11 is 3.38. The molecule has 5 heteroatoms. The second kappa shape index (κ2) is 7.42. The van der Waals surface area contributed by atoms with Crippen LogP contribution in [-0.2, 0) is 4.74 Å². The van der Waals surface area contributed by atoms with Crippen LogP contribution in [0.4, 0.5) is 0 Å². The molecule has 0 radical (unpaired) electrons. The van der Waals surface area contributed by atoms with Gasteiger partial charge in [-0.3, -0.25) is 0 Å². The zero-order chi connectivity index (χ0) is 17.0. The van der Waals surface area contributed by atoms with Crippen molar-refractivity contribution >= 4 is 27.9 Å². The van der Waals surface area contributed by atoms with E-state index >= 15 is 0 Å². The van der Waals surface area contributed by atoms with Crippen LogP contribution in [0.2, 0.25) is 0 Å². The van der Waals surface area contributed by atoms with Crippen molar-refractivity contribution in [1.82, 2.24) is 0 Å². The van der Waals surface area contributed by atoms with Gasteiger partial charge in [0, 0.05) is 4.47 Å². The highest BCUT2D eigenvalue weighted by Gasteiger charge is 2.13. The monoisotopic (exact) mass is 376 g/mol. The molecule has 0 spiro atoms. The minimum absolute atomic E-state index is 0.210. The fraction of sp³-hybridized carbons (Fsp3) is 0.222. The lowest BCUT2D eigenvalue weighted by Crippen LogP contribution is -2.12. The summed E-state index contributed by atoms with van der Waals surface area (Å²) < 4.78 is 11.3. The van der Waals surface area contributed by atoms with Crippen LogP contribution in [0, 0.1) is 6.92 Å². The summed E-state index contributed by atoms with van der Waals surface area (Å²) in [6, 6.07) is 11.6. The summed E-state index contributed by atoms with van der Waals surface area (Å²) in [5.41, 5.74) is 1.80. The number of esters is 2. The van der Waals surface area contributed by atoms with Crippen LogP contribution in [0.25, 0.3) is 0 Å². The number of ether oxygens (including phenoxy) is 2. The predicted octanol–water partition coefficient (Wildman–Crippen LogP) is 4.54. The highest BCUT2D eigenvalue weighted by atomic mass is 79.9. The van der Waals surface area contributed by atoms with Gasteiger partial charge in [0.1, 0.15) is 5.75 Å². The Morgan fingerprint density at radius 1 is 1.00 bits per heavy atom.